The summed E-state index contributed by atoms with van der Waals surface area (Å²) >= 11 is 0. The molecule has 0 saturated heterocycles. The van der Waals surface area contributed by atoms with Crippen LogP contribution in [0.5, 0.6) is 11.5 Å². The van der Waals surface area contributed by atoms with Crippen LogP contribution in [0.25, 0.3) is 12.2 Å². The van der Waals surface area contributed by atoms with Gasteiger partial charge in [0.05, 0.1) is 6.10 Å². The molecule has 0 fully saturated rings. The summed E-state index contributed by atoms with van der Waals surface area (Å²) in [5, 5.41) is 9.24. The molecule has 126 valence electrons. The highest BCUT2D eigenvalue weighted by Crippen LogP contribution is 2.16. The fourth-order valence-corrected chi connectivity index (χ4v) is 2.18. The molecule has 3 nitrogen and oxygen atoms in total. The van der Waals surface area contributed by atoms with Gasteiger partial charge in [-0.2, -0.15) is 0 Å². The molecule has 0 bridgehead atoms. The smallest absolute Gasteiger partial charge is 0.197 e. The van der Waals surface area contributed by atoms with E-state index >= 15 is 0 Å². The molecule has 2 rings (SSSR count). The van der Waals surface area contributed by atoms with E-state index in [-0.39, 0.29) is 18.1 Å². The van der Waals surface area contributed by atoms with E-state index in [2.05, 4.69) is 0 Å². The Balaban J connectivity index is 1.87. The van der Waals surface area contributed by atoms with Gasteiger partial charge in [0.15, 0.2) is 6.29 Å². The second-order valence-electron chi connectivity index (χ2n) is 5.75. The summed E-state index contributed by atoms with van der Waals surface area (Å²) in [7, 11) is 0. The molecule has 0 aromatic heterocycles. The fraction of sp³-hybridized carbons (Fsp3) is 0.238. The molecule has 0 aliphatic rings. The van der Waals surface area contributed by atoms with Gasteiger partial charge in [0.1, 0.15) is 11.5 Å². The lowest BCUT2D eigenvalue weighted by atomic mass is 10.2. The third kappa shape index (κ3) is 6.31. The summed E-state index contributed by atoms with van der Waals surface area (Å²) in [6, 6.07) is 15.0. The molecule has 0 amide bonds. The van der Waals surface area contributed by atoms with Crippen LogP contribution in [0.15, 0.2) is 60.7 Å². The zero-order chi connectivity index (χ0) is 17.4. The van der Waals surface area contributed by atoms with Crippen LogP contribution in [-0.2, 0) is 4.74 Å². The topological polar surface area (TPSA) is 38.7 Å². The molecule has 2 aromatic rings. The Kier molecular flexibility index (Phi) is 6.64. The van der Waals surface area contributed by atoms with Crippen molar-refractivity contribution < 1.29 is 14.6 Å². The van der Waals surface area contributed by atoms with E-state index in [0.717, 1.165) is 16.9 Å². The molecular weight excluding hydrogens is 300 g/mol. The highest BCUT2D eigenvalue weighted by molar-refractivity contribution is 5.57. The second-order valence-corrected chi connectivity index (χ2v) is 5.75. The van der Waals surface area contributed by atoms with E-state index in [1.165, 1.54) is 0 Å². The Morgan fingerprint density at radius 3 is 1.79 bits per heavy atom. The quantitative estimate of drug-likeness (QED) is 0.557. The summed E-state index contributed by atoms with van der Waals surface area (Å²) in [5.41, 5.74) is 2.13. The van der Waals surface area contributed by atoms with Gasteiger partial charge < -0.3 is 14.6 Å². The first-order valence-corrected chi connectivity index (χ1v) is 8.09. The molecule has 0 heterocycles. The molecule has 0 spiro atoms. The molecule has 0 aliphatic heterocycles. The van der Waals surface area contributed by atoms with Crippen LogP contribution in [0.4, 0.5) is 0 Å². The van der Waals surface area contributed by atoms with Gasteiger partial charge >= 0.3 is 0 Å². The van der Waals surface area contributed by atoms with Gasteiger partial charge in [-0.05, 0) is 56.2 Å². The zero-order valence-corrected chi connectivity index (χ0v) is 14.3. The third-order valence-electron chi connectivity index (χ3n) is 3.23. The van der Waals surface area contributed by atoms with Gasteiger partial charge in [0.2, 0.25) is 0 Å². The first-order chi connectivity index (χ1) is 11.5. The number of phenolic OH excluding ortho intramolecular Hbond substituents is 1. The van der Waals surface area contributed by atoms with Crippen LogP contribution < -0.4 is 4.74 Å². The van der Waals surface area contributed by atoms with E-state index < -0.39 is 0 Å². The van der Waals surface area contributed by atoms with Crippen LogP contribution in [0.3, 0.4) is 0 Å². The number of aromatic hydroxyl groups is 1. The van der Waals surface area contributed by atoms with Gasteiger partial charge in [-0.3, -0.25) is 0 Å². The number of hydrogen-bond donors (Lipinski definition) is 1. The van der Waals surface area contributed by atoms with Gasteiger partial charge in [0, 0.05) is 0 Å². The van der Waals surface area contributed by atoms with Crippen molar-refractivity contribution >= 4 is 12.2 Å². The molecule has 2 aromatic carbocycles. The van der Waals surface area contributed by atoms with Crippen molar-refractivity contribution in [2.24, 2.45) is 0 Å². The molecule has 24 heavy (non-hydrogen) atoms. The predicted octanol–water partition coefficient (Wildman–Crippen LogP) is 5.27. The SMILES string of the molecule is CC(C)OC(C)Oc1ccc(C=CC=Cc2ccc(O)cc2)cc1. The standard InChI is InChI=1S/C21H24O3/c1-16(2)23-17(3)24-21-14-10-19(11-15-21)7-5-4-6-18-8-12-20(22)13-9-18/h4-17,22H,1-3H3. The largest absolute Gasteiger partial charge is 0.508 e. The number of rotatable bonds is 7. The zero-order valence-electron chi connectivity index (χ0n) is 14.3. The Morgan fingerprint density at radius 1 is 0.792 bits per heavy atom. The van der Waals surface area contributed by atoms with Crippen molar-refractivity contribution in [2.45, 2.75) is 33.2 Å². The maximum absolute atomic E-state index is 9.24. The van der Waals surface area contributed by atoms with Crippen LogP contribution in [0.1, 0.15) is 31.9 Å². The number of allylic oxidation sites excluding steroid dienone is 2. The summed E-state index contributed by atoms with van der Waals surface area (Å²) in [6.07, 6.45) is 7.83. The number of hydrogen-bond acceptors (Lipinski definition) is 3. The Hall–Kier alpha value is -2.52. The van der Waals surface area contributed by atoms with E-state index in [1.54, 1.807) is 12.1 Å². The molecule has 0 radical (unpaired) electrons. The minimum Gasteiger partial charge on any atom is -0.508 e. The minimum atomic E-state index is -0.264. The van der Waals surface area contributed by atoms with Crippen LogP contribution in [0.2, 0.25) is 0 Å². The summed E-state index contributed by atoms with van der Waals surface area (Å²) in [4.78, 5) is 0. The van der Waals surface area contributed by atoms with Crippen molar-refractivity contribution in [1.29, 1.82) is 0 Å². The van der Waals surface area contributed by atoms with Crippen molar-refractivity contribution in [3.05, 3.63) is 71.8 Å². The molecule has 1 N–H and O–H groups in total. The van der Waals surface area contributed by atoms with E-state index in [0.29, 0.717) is 0 Å². The molecule has 0 aliphatic carbocycles. The average Bonchev–Trinajstić information content (AvgIpc) is 2.54. The van der Waals surface area contributed by atoms with Crippen molar-refractivity contribution in [2.75, 3.05) is 0 Å². The number of benzene rings is 2. The predicted molar refractivity (Wildman–Crippen MR) is 98.9 cm³/mol. The molecule has 0 saturated carbocycles. The minimum absolute atomic E-state index is 0.141. The summed E-state index contributed by atoms with van der Waals surface area (Å²) in [5.74, 6) is 1.07. The van der Waals surface area contributed by atoms with Crippen molar-refractivity contribution in [3.63, 3.8) is 0 Å². The molecule has 1 unspecified atom stereocenters. The van der Waals surface area contributed by atoms with E-state index in [1.807, 2.05) is 81.5 Å². The average molecular weight is 324 g/mol. The normalized spacial score (nSPS) is 13.0. The molecule has 1 atom stereocenters. The maximum atomic E-state index is 9.24. The number of phenols is 1. The monoisotopic (exact) mass is 324 g/mol. The van der Waals surface area contributed by atoms with E-state index in [4.69, 9.17) is 9.47 Å². The lowest BCUT2D eigenvalue weighted by molar-refractivity contribution is -0.0950. The lowest BCUT2D eigenvalue weighted by Crippen LogP contribution is -2.20. The Morgan fingerprint density at radius 2 is 1.29 bits per heavy atom. The first kappa shape index (κ1) is 17.8. The van der Waals surface area contributed by atoms with Gasteiger partial charge in [-0.1, -0.05) is 48.6 Å². The first-order valence-electron chi connectivity index (χ1n) is 8.09. The summed E-state index contributed by atoms with van der Waals surface area (Å²) in [6.45, 7) is 5.86. The molecular formula is C21H24O3. The van der Waals surface area contributed by atoms with E-state index in [9.17, 15) is 5.11 Å². The van der Waals surface area contributed by atoms with Crippen LogP contribution >= 0.6 is 0 Å². The van der Waals surface area contributed by atoms with Crippen LogP contribution in [0, 0.1) is 0 Å². The Labute approximate surface area is 143 Å². The number of ether oxygens (including phenoxy) is 2. The second kappa shape index (κ2) is 8.94. The van der Waals surface area contributed by atoms with Gasteiger partial charge in [-0.15, -0.1) is 0 Å². The van der Waals surface area contributed by atoms with Crippen molar-refractivity contribution in [1.82, 2.24) is 0 Å². The maximum Gasteiger partial charge on any atom is 0.197 e. The third-order valence-corrected chi connectivity index (χ3v) is 3.23. The van der Waals surface area contributed by atoms with Gasteiger partial charge in [0.25, 0.3) is 0 Å². The fourth-order valence-electron chi connectivity index (χ4n) is 2.18. The Bertz CT molecular complexity index is 667. The summed E-state index contributed by atoms with van der Waals surface area (Å²) < 4.78 is 11.2. The van der Waals surface area contributed by atoms with Crippen LogP contribution in [-0.4, -0.2) is 17.5 Å². The lowest BCUT2D eigenvalue weighted by Gasteiger charge is -2.17. The van der Waals surface area contributed by atoms with Gasteiger partial charge in [-0.25, -0.2) is 0 Å². The highest BCUT2D eigenvalue weighted by atomic mass is 16.7. The van der Waals surface area contributed by atoms with Crippen molar-refractivity contribution in [3.8, 4) is 11.5 Å². The molecule has 3 heteroatoms. The highest BCUT2D eigenvalue weighted by Gasteiger charge is 2.05.